The number of nitrogens with two attached hydrogens (primary N) is 1. The minimum atomic E-state index is 0.630. The highest BCUT2D eigenvalue weighted by Crippen LogP contribution is 2.13. The molecule has 0 amide bonds. The zero-order valence-electron chi connectivity index (χ0n) is 5.79. The van der Waals surface area contributed by atoms with E-state index < -0.39 is 0 Å². The molecule has 0 aliphatic heterocycles. The van der Waals surface area contributed by atoms with E-state index in [1.807, 2.05) is 11.3 Å². The van der Waals surface area contributed by atoms with Crippen LogP contribution in [0.5, 0.6) is 0 Å². The van der Waals surface area contributed by atoms with Crippen molar-refractivity contribution < 1.29 is 5.32 Å². The van der Waals surface area contributed by atoms with Gasteiger partial charge in [0.1, 0.15) is 6.04 Å². The van der Waals surface area contributed by atoms with Gasteiger partial charge in [-0.2, -0.15) is 0 Å². The predicted molar refractivity (Wildman–Crippen MR) is 40.6 cm³/mol. The van der Waals surface area contributed by atoms with Crippen molar-refractivity contribution in [3.05, 3.63) is 22.4 Å². The van der Waals surface area contributed by atoms with Gasteiger partial charge in [-0.05, 0) is 18.4 Å². The van der Waals surface area contributed by atoms with Crippen molar-refractivity contribution >= 4 is 11.3 Å². The molecule has 0 aliphatic carbocycles. The molecule has 0 spiro atoms. The van der Waals surface area contributed by atoms with E-state index in [9.17, 15) is 0 Å². The Morgan fingerprint density at radius 3 is 2.89 bits per heavy atom. The topological polar surface area (TPSA) is 16.6 Å². The molecule has 1 atom stereocenters. The summed E-state index contributed by atoms with van der Waals surface area (Å²) >= 11 is 1.82. The molecule has 0 saturated carbocycles. The van der Waals surface area contributed by atoms with Gasteiger partial charge in [-0.15, -0.1) is 11.3 Å². The fourth-order valence-corrected chi connectivity index (χ4v) is 1.54. The molecule has 0 saturated heterocycles. The third kappa shape index (κ3) is 1.53. The zero-order chi connectivity index (χ0) is 6.69. The highest BCUT2D eigenvalue weighted by Gasteiger charge is 2.04. The van der Waals surface area contributed by atoms with Crippen molar-refractivity contribution in [1.82, 2.24) is 0 Å². The van der Waals surface area contributed by atoms with E-state index in [0.29, 0.717) is 6.04 Å². The van der Waals surface area contributed by atoms with Crippen molar-refractivity contribution in [3.8, 4) is 0 Å². The van der Waals surface area contributed by atoms with E-state index >= 15 is 0 Å². The molecule has 9 heavy (non-hydrogen) atoms. The summed E-state index contributed by atoms with van der Waals surface area (Å²) < 4.78 is 0. The molecule has 0 aliphatic rings. The Morgan fingerprint density at radius 2 is 2.44 bits per heavy atom. The standard InChI is InChI=1S/C7H11NS/c1-6(8-2)7-4-3-5-9-7/h3-6,8H,1-2H3/p+1. The Bertz CT molecular complexity index is 157. The quantitative estimate of drug-likeness (QED) is 0.634. The van der Waals surface area contributed by atoms with Gasteiger partial charge in [0.2, 0.25) is 0 Å². The van der Waals surface area contributed by atoms with Gasteiger partial charge in [-0.3, -0.25) is 0 Å². The largest absolute Gasteiger partial charge is 0.342 e. The molecule has 0 aromatic carbocycles. The highest BCUT2D eigenvalue weighted by molar-refractivity contribution is 7.10. The molecule has 2 heteroatoms. The Hall–Kier alpha value is -0.340. The summed E-state index contributed by atoms with van der Waals surface area (Å²) in [6, 6.07) is 4.90. The van der Waals surface area contributed by atoms with Crippen LogP contribution in [-0.2, 0) is 0 Å². The Balaban J connectivity index is 2.65. The molecule has 0 bridgehead atoms. The van der Waals surface area contributed by atoms with Gasteiger partial charge in [-0.1, -0.05) is 6.07 Å². The van der Waals surface area contributed by atoms with Gasteiger partial charge in [-0.25, -0.2) is 0 Å². The Labute approximate surface area is 59.7 Å². The number of hydrogen-bond acceptors (Lipinski definition) is 1. The van der Waals surface area contributed by atoms with E-state index in [4.69, 9.17) is 0 Å². The molecule has 1 aromatic rings. The first-order valence-electron chi connectivity index (χ1n) is 3.17. The first kappa shape index (κ1) is 6.78. The molecular formula is C7H12NS+. The van der Waals surface area contributed by atoms with E-state index in [2.05, 4.69) is 36.8 Å². The lowest BCUT2D eigenvalue weighted by atomic mass is 10.3. The van der Waals surface area contributed by atoms with Crippen molar-refractivity contribution in [2.24, 2.45) is 0 Å². The first-order valence-corrected chi connectivity index (χ1v) is 4.05. The van der Waals surface area contributed by atoms with Gasteiger partial charge in [0.05, 0.1) is 11.9 Å². The molecule has 1 heterocycles. The van der Waals surface area contributed by atoms with Gasteiger partial charge in [0.25, 0.3) is 0 Å². The molecule has 0 radical (unpaired) electrons. The molecule has 0 fully saturated rings. The molecule has 1 aromatic heterocycles. The third-order valence-electron chi connectivity index (χ3n) is 1.49. The number of hydrogen-bond donors (Lipinski definition) is 1. The van der Waals surface area contributed by atoms with Gasteiger partial charge < -0.3 is 5.32 Å². The summed E-state index contributed by atoms with van der Waals surface area (Å²) in [5.74, 6) is 0. The van der Waals surface area contributed by atoms with Crippen LogP contribution in [0, 0.1) is 0 Å². The van der Waals surface area contributed by atoms with Crippen LogP contribution in [0.25, 0.3) is 0 Å². The molecule has 1 nitrogen and oxygen atoms in total. The fourth-order valence-electron chi connectivity index (χ4n) is 0.715. The second-order valence-electron chi connectivity index (χ2n) is 2.14. The number of rotatable bonds is 2. The lowest BCUT2D eigenvalue weighted by Gasteiger charge is -2.01. The van der Waals surface area contributed by atoms with Gasteiger partial charge in [0, 0.05) is 0 Å². The summed E-state index contributed by atoms with van der Waals surface area (Å²) in [4.78, 5) is 1.46. The monoisotopic (exact) mass is 142 g/mol. The average molecular weight is 142 g/mol. The Kier molecular flexibility index (Phi) is 2.25. The van der Waals surface area contributed by atoms with Crippen LogP contribution in [0.3, 0.4) is 0 Å². The minimum Gasteiger partial charge on any atom is -0.342 e. The second kappa shape index (κ2) is 2.99. The molecule has 2 N–H and O–H groups in total. The SMILES string of the molecule is C[NH2+]C(C)c1cccs1. The normalized spacial score (nSPS) is 13.6. The maximum absolute atomic E-state index is 2.21. The number of thiophene rings is 1. The molecular weight excluding hydrogens is 130 g/mol. The second-order valence-corrected chi connectivity index (χ2v) is 3.12. The van der Waals surface area contributed by atoms with E-state index in [0.717, 1.165) is 0 Å². The summed E-state index contributed by atoms with van der Waals surface area (Å²) in [5, 5.41) is 4.33. The third-order valence-corrected chi connectivity index (χ3v) is 2.57. The molecule has 1 unspecified atom stereocenters. The predicted octanol–water partition coefficient (Wildman–Crippen LogP) is 1.00. The van der Waals surface area contributed by atoms with Crippen LogP contribution in [-0.4, -0.2) is 7.05 Å². The summed E-state index contributed by atoms with van der Waals surface area (Å²) in [6.07, 6.45) is 0. The maximum Gasteiger partial charge on any atom is 0.118 e. The van der Waals surface area contributed by atoms with Crippen LogP contribution in [0.1, 0.15) is 17.8 Å². The van der Waals surface area contributed by atoms with Crippen LogP contribution >= 0.6 is 11.3 Å². The lowest BCUT2D eigenvalue weighted by molar-refractivity contribution is -0.666. The zero-order valence-corrected chi connectivity index (χ0v) is 6.61. The first-order chi connectivity index (χ1) is 4.34. The van der Waals surface area contributed by atoms with Crippen LogP contribution in [0.15, 0.2) is 17.5 Å². The Morgan fingerprint density at radius 1 is 1.67 bits per heavy atom. The summed E-state index contributed by atoms with van der Waals surface area (Å²) in [7, 11) is 2.10. The molecule has 50 valence electrons. The molecule has 1 rings (SSSR count). The van der Waals surface area contributed by atoms with Crippen LogP contribution < -0.4 is 5.32 Å². The fraction of sp³-hybridized carbons (Fsp3) is 0.429. The highest BCUT2D eigenvalue weighted by atomic mass is 32.1. The average Bonchev–Trinajstić information content (AvgIpc) is 2.37. The van der Waals surface area contributed by atoms with E-state index in [1.165, 1.54) is 4.88 Å². The van der Waals surface area contributed by atoms with Crippen molar-refractivity contribution in [3.63, 3.8) is 0 Å². The van der Waals surface area contributed by atoms with Crippen LogP contribution in [0.4, 0.5) is 0 Å². The van der Waals surface area contributed by atoms with Crippen molar-refractivity contribution in [1.29, 1.82) is 0 Å². The lowest BCUT2D eigenvalue weighted by Crippen LogP contribution is -2.80. The smallest absolute Gasteiger partial charge is 0.118 e. The summed E-state index contributed by atoms with van der Waals surface area (Å²) in [5.41, 5.74) is 0. The van der Waals surface area contributed by atoms with Crippen molar-refractivity contribution in [2.45, 2.75) is 13.0 Å². The van der Waals surface area contributed by atoms with E-state index in [1.54, 1.807) is 0 Å². The van der Waals surface area contributed by atoms with Crippen LogP contribution in [0.2, 0.25) is 0 Å². The maximum atomic E-state index is 2.21. The summed E-state index contributed by atoms with van der Waals surface area (Å²) in [6.45, 7) is 2.21. The van der Waals surface area contributed by atoms with Crippen molar-refractivity contribution in [2.75, 3.05) is 7.05 Å². The number of quaternary nitrogens is 1. The van der Waals surface area contributed by atoms with E-state index in [-0.39, 0.29) is 0 Å². The van der Waals surface area contributed by atoms with Gasteiger partial charge in [0.15, 0.2) is 0 Å². The minimum absolute atomic E-state index is 0.630. The van der Waals surface area contributed by atoms with Gasteiger partial charge >= 0.3 is 0 Å².